The third-order valence-corrected chi connectivity index (χ3v) is 5.32. The molecule has 2 unspecified atom stereocenters. The second-order valence-electron chi connectivity index (χ2n) is 7.06. The molecule has 2 aromatic rings. The van der Waals surface area contributed by atoms with E-state index in [9.17, 15) is 14.0 Å². The number of halogens is 1. The average molecular weight is 352 g/mol. The summed E-state index contributed by atoms with van der Waals surface area (Å²) in [7, 11) is 0. The Labute approximate surface area is 152 Å². The Hall–Kier alpha value is -2.53. The van der Waals surface area contributed by atoms with Crippen LogP contribution < -0.4 is 5.32 Å². The number of hydrogen-bond acceptors (Lipinski definition) is 3. The fraction of sp³-hybridized carbons (Fsp3) is 0.333. The van der Waals surface area contributed by atoms with Crippen molar-refractivity contribution in [3.8, 4) is 0 Å². The van der Waals surface area contributed by atoms with Crippen molar-refractivity contribution < 1.29 is 14.0 Å². The first-order valence-electron chi connectivity index (χ1n) is 9.06. The minimum absolute atomic E-state index is 0.106. The van der Waals surface area contributed by atoms with Gasteiger partial charge in [0.2, 0.25) is 0 Å². The molecular formula is C21H21FN2O2. The van der Waals surface area contributed by atoms with Gasteiger partial charge in [0.25, 0.3) is 5.91 Å². The standard InChI is InChI=1S/C21H21FN2O2/c22-15-7-5-14(6-8-15)20(25)18-3-1-2-4-19(18)21(26)24-12-11-16-9-10-17(13-24)23-16/h1-8,16-17,23H,9-13H2. The SMILES string of the molecule is O=C(c1ccc(F)cc1)c1ccccc1C(=O)N1CCC2CCC(C1)N2. The van der Waals surface area contributed by atoms with Crippen LogP contribution in [-0.2, 0) is 0 Å². The minimum Gasteiger partial charge on any atom is -0.337 e. The molecule has 0 saturated carbocycles. The molecule has 134 valence electrons. The van der Waals surface area contributed by atoms with Crippen LogP contribution in [0, 0.1) is 5.82 Å². The van der Waals surface area contributed by atoms with Crippen molar-refractivity contribution in [2.45, 2.75) is 31.3 Å². The number of rotatable bonds is 3. The molecule has 0 aliphatic carbocycles. The van der Waals surface area contributed by atoms with E-state index in [1.807, 2.05) is 4.90 Å². The van der Waals surface area contributed by atoms with E-state index in [0.29, 0.717) is 41.9 Å². The van der Waals surface area contributed by atoms with E-state index in [1.54, 1.807) is 24.3 Å². The molecule has 2 heterocycles. The molecule has 2 atom stereocenters. The van der Waals surface area contributed by atoms with Crippen LogP contribution in [0.3, 0.4) is 0 Å². The molecule has 26 heavy (non-hydrogen) atoms. The first-order chi connectivity index (χ1) is 12.6. The first-order valence-corrected chi connectivity index (χ1v) is 9.06. The van der Waals surface area contributed by atoms with Crippen LogP contribution in [0.2, 0.25) is 0 Å². The molecular weight excluding hydrogens is 331 g/mol. The van der Waals surface area contributed by atoms with Gasteiger partial charge in [-0.15, -0.1) is 0 Å². The first kappa shape index (κ1) is 16.9. The number of benzene rings is 2. The number of likely N-dealkylation sites (tertiary alicyclic amines) is 1. The number of nitrogens with one attached hydrogen (secondary N) is 1. The van der Waals surface area contributed by atoms with E-state index in [2.05, 4.69) is 5.32 Å². The lowest BCUT2D eigenvalue weighted by atomic mass is 9.97. The summed E-state index contributed by atoms with van der Waals surface area (Å²) in [4.78, 5) is 27.8. The van der Waals surface area contributed by atoms with Crippen molar-refractivity contribution >= 4 is 11.7 Å². The van der Waals surface area contributed by atoms with Gasteiger partial charge in [0.05, 0.1) is 5.56 Å². The number of ketones is 1. The molecule has 1 amide bonds. The van der Waals surface area contributed by atoms with Crippen LogP contribution in [0.15, 0.2) is 48.5 Å². The Morgan fingerprint density at radius 2 is 1.62 bits per heavy atom. The van der Waals surface area contributed by atoms with Gasteiger partial charge in [-0.25, -0.2) is 4.39 Å². The van der Waals surface area contributed by atoms with Gasteiger partial charge in [-0.05, 0) is 49.6 Å². The van der Waals surface area contributed by atoms with Gasteiger partial charge < -0.3 is 10.2 Å². The monoisotopic (exact) mass is 352 g/mol. The summed E-state index contributed by atoms with van der Waals surface area (Å²) in [5.41, 5.74) is 1.16. The summed E-state index contributed by atoms with van der Waals surface area (Å²) in [5.74, 6) is -0.758. The number of carbonyl (C=O) groups is 2. The van der Waals surface area contributed by atoms with Crippen molar-refractivity contribution in [2.24, 2.45) is 0 Å². The largest absolute Gasteiger partial charge is 0.337 e. The van der Waals surface area contributed by atoms with E-state index in [-0.39, 0.29) is 11.7 Å². The van der Waals surface area contributed by atoms with Crippen molar-refractivity contribution in [1.82, 2.24) is 10.2 Å². The maximum Gasteiger partial charge on any atom is 0.254 e. The lowest BCUT2D eigenvalue weighted by Crippen LogP contribution is -2.39. The topological polar surface area (TPSA) is 49.4 Å². The van der Waals surface area contributed by atoms with Crippen molar-refractivity contribution in [3.05, 3.63) is 71.0 Å². The van der Waals surface area contributed by atoms with Gasteiger partial charge >= 0.3 is 0 Å². The highest BCUT2D eigenvalue weighted by molar-refractivity contribution is 6.15. The van der Waals surface area contributed by atoms with E-state index in [0.717, 1.165) is 12.8 Å². The summed E-state index contributed by atoms with van der Waals surface area (Å²) in [6, 6.07) is 13.2. The third kappa shape index (κ3) is 3.27. The molecule has 0 aromatic heterocycles. The van der Waals surface area contributed by atoms with Crippen molar-refractivity contribution in [2.75, 3.05) is 13.1 Å². The lowest BCUT2D eigenvalue weighted by molar-refractivity contribution is 0.0744. The number of hydrogen-bond donors (Lipinski definition) is 1. The summed E-state index contributed by atoms with van der Waals surface area (Å²) in [6.45, 7) is 1.38. The quantitative estimate of drug-likeness (QED) is 0.864. The Morgan fingerprint density at radius 1 is 0.923 bits per heavy atom. The van der Waals surface area contributed by atoms with Crippen LogP contribution in [0.1, 0.15) is 45.5 Å². The van der Waals surface area contributed by atoms with Gasteiger partial charge in [-0.2, -0.15) is 0 Å². The van der Waals surface area contributed by atoms with Crippen LogP contribution in [-0.4, -0.2) is 41.8 Å². The molecule has 4 rings (SSSR count). The highest BCUT2D eigenvalue weighted by Crippen LogP contribution is 2.23. The maximum atomic E-state index is 13.1. The average Bonchev–Trinajstić information content (AvgIpc) is 3.00. The van der Waals surface area contributed by atoms with Crippen LogP contribution in [0.5, 0.6) is 0 Å². The van der Waals surface area contributed by atoms with Gasteiger partial charge in [-0.1, -0.05) is 18.2 Å². The molecule has 5 heteroatoms. The molecule has 2 saturated heterocycles. The normalized spacial score (nSPS) is 22.1. The Balaban J connectivity index is 1.61. The van der Waals surface area contributed by atoms with E-state index >= 15 is 0 Å². The predicted molar refractivity (Wildman–Crippen MR) is 96.7 cm³/mol. The highest BCUT2D eigenvalue weighted by atomic mass is 19.1. The number of fused-ring (bicyclic) bond motifs is 2. The molecule has 2 aliphatic heterocycles. The van der Waals surface area contributed by atoms with Crippen LogP contribution in [0.25, 0.3) is 0 Å². The molecule has 2 aliphatic rings. The lowest BCUT2D eigenvalue weighted by Gasteiger charge is -2.25. The third-order valence-electron chi connectivity index (χ3n) is 5.32. The van der Waals surface area contributed by atoms with Gasteiger partial charge in [0.15, 0.2) is 5.78 Å². The van der Waals surface area contributed by atoms with Crippen molar-refractivity contribution in [3.63, 3.8) is 0 Å². The predicted octanol–water partition coefficient (Wildman–Crippen LogP) is 3.02. The van der Waals surface area contributed by atoms with Crippen LogP contribution in [0.4, 0.5) is 4.39 Å². The smallest absolute Gasteiger partial charge is 0.254 e. The Morgan fingerprint density at radius 3 is 2.38 bits per heavy atom. The second kappa shape index (κ2) is 7.00. The Bertz CT molecular complexity index is 834. The molecule has 1 N–H and O–H groups in total. The van der Waals surface area contributed by atoms with Gasteiger partial charge in [0, 0.05) is 36.3 Å². The number of nitrogens with zero attached hydrogens (tertiary/aromatic N) is 1. The summed E-state index contributed by atoms with van der Waals surface area (Å²) >= 11 is 0. The molecule has 0 spiro atoms. The second-order valence-corrected chi connectivity index (χ2v) is 7.06. The zero-order valence-corrected chi connectivity index (χ0v) is 14.5. The minimum atomic E-state index is -0.391. The molecule has 0 radical (unpaired) electrons. The molecule has 4 nitrogen and oxygen atoms in total. The molecule has 2 bridgehead atoms. The van der Waals surface area contributed by atoms with Crippen LogP contribution >= 0.6 is 0 Å². The van der Waals surface area contributed by atoms with E-state index < -0.39 is 5.82 Å². The number of amides is 1. The summed E-state index contributed by atoms with van der Waals surface area (Å²) in [5, 5.41) is 3.56. The van der Waals surface area contributed by atoms with E-state index in [4.69, 9.17) is 0 Å². The number of carbonyl (C=O) groups excluding carboxylic acids is 2. The zero-order valence-electron chi connectivity index (χ0n) is 14.5. The highest BCUT2D eigenvalue weighted by Gasteiger charge is 2.32. The molecule has 2 aromatic carbocycles. The fourth-order valence-corrected chi connectivity index (χ4v) is 3.92. The van der Waals surface area contributed by atoms with Gasteiger partial charge in [0.1, 0.15) is 5.82 Å². The van der Waals surface area contributed by atoms with E-state index in [1.165, 1.54) is 30.7 Å². The fourth-order valence-electron chi connectivity index (χ4n) is 3.92. The maximum absolute atomic E-state index is 13.1. The zero-order chi connectivity index (χ0) is 18.1. The summed E-state index contributed by atoms with van der Waals surface area (Å²) in [6.07, 6.45) is 3.20. The summed E-state index contributed by atoms with van der Waals surface area (Å²) < 4.78 is 13.1. The Kier molecular flexibility index (Phi) is 4.55. The van der Waals surface area contributed by atoms with Gasteiger partial charge in [-0.3, -0.25) is 9.59 Å². The molecule has 2 fully saturated rings. The van der Waals surface area contributed by atoms with Crippen molar-refractivity contribution in [1.29, 1.82) is 0 Å².